The second-order valence-electron chi connectivity index (χ2n) is 3.52. The first-order chi connectivity index (χ1) is 10.5. The van der Waals surface area contributed by atoms with Crippen LogP contribution in [0.15, 0.2) is 24.3 Å². The van der Waals surface area contributed by atoms with Crippen LogP contribution in [0.5, 0.6) is 0 Å². The minimum atomic E-state index is -4.65. The molecule has 1 aromatic rings. The first-order valence-electron chi connectivity index (χ1n) is 7.27. The quantitative estimate of drug-likeness (QED) is 0.784. The minimum absolute atomic E-state index is 0.345. The fraction of sp³-hybridized carbons (Fsp3) is 0.455. The van der Waals surface area contributed by atoms with Crippen molar-refractivity contribution in [3.05, 3.63) is 35.4 Å². The van der Waals surface area contributed by atoms with E-state index in [0.29, 0.717) is 18.4 Å². The lowest BCUT2D eigenvalue weighted by molar-refractivity contribution is -0.137. The topological polar surface area (TPSA) is 52.6 Å². The van der Waals surface area contributed by atoms with Gasteiger partial charge in [0.1, 0.15) is 6.10 Å². The molecule has 108 valence electrons. The van der Waals surface area contributed by atoms with Gasteiger partial charge in [-0.2, -0.15) is 21.6 Å². The van der Waals surface area contributed by atoms with Crippen LogP contribution in [-0.4, -0.2) is 28.3 Å². The Morgan fingerprint density at radius 3 is 2.37 bits per heavy atom. The molecule has 0 N–H and O–H groups in total. The van der Waals surface area contributed by atoms with Crippen molar-refractivity contribution in [1.29, 1.82) is 0 Å². The SMILES string of the molecule is [2H]C([2H])([2H])OC([2H])([2H])C(OS(C)(=O)=O)c1ccc(C(F)(F)F)cc1. The molecular weight excluding hydrogens is 285 g/mol. The minimum Gasteiger partial charge on any atom is -0.382 e. The van der Waals surface area contributed by atoms with E-state index in [1.807, 2.05) is 0 Å². The Labute approximate surface area is 116 Å². The molecule has 19 heavy (non-hydrogen) atoms. The van der Waals surface area contributed by atoms with Crippen molar-refractivity contribution in [3.8, 4) is 0 Å². The summed E-state index contributed by atoms with van der Waals surface area (Å²) in [5.74, 6) is 0. The highest BCUT2D eigenvalue weighted by molar-refractivity contribution is 7.86. The molecular formula is C11H13F3O4S. The third-order valence-electron chi connectivity index (χ3n) is 1.98. The molecule has 0 aliphatic rings. The molecule has 0 aliphatic carbocycles. The van der Waals surface area contributed by atoms with E-state index in [2.05, 4.69) is 8.92 Å². The van der Waals surface area contributed by atoms with E-state index >= 15 is 0 Å². The Hall–Kier alpha value is -1.12. The summed E-state index contributed by atoms with van der Waals surface area (Å²) in [5.41, 5.74) is -1.40. The largest absolute Gasteiger partial charge is 0.416 e. The Morgan fingerprint density at radius 2 is 1.95 bits per heavy atom. The van der Waals surface area contributed by atoms with Crippen molar-refractivity contribution in [3.63, 3.8) is 0 Å². The summed E-state index contributed by atoms with van der Waals surface area (Å²) in [7, 11) is -7.50. The van der Waals surface area contributed by atoms with Gasteiger partial charge in [0.2, 0.25) is 0 Å². The van der Waals surface area contributed by atoms with E-state index in [0.717, 1.165) is 12.1 Å². The Morgan fingerprint density at radius 1 is 1.37 bits per heavy atom. The van der Waals surface area contributed by atoms with Crippen molar-refractivity contribution in [2.24, 2.45) is 0 Å². The van der Waals surface area contributed by atoms with Crippen molar-refractivity contribution < 1.29 is 37.4 Å². The van der Waals surface area contributed by atoms with Crippen LogP contribution in [0.2, 0.25) is 0 Å². The average molecular weight is 303 g/mol. The van der Waals surface area contributed by atoms with Crippen molar-refractivity contribution in [2.75, 3.05) is 19.9 Å². The molecule has 1 unspecified atom stereocenters. The summed E-state index contributed by atoms with van der Waals surface area (Å²) in [6, 6.07) is 2.72. The second kappa shape index (κ2) is 5.89. The van der Waals surface area contributed by atoms with Crippen LogP contribution in [-0.2, 0) is 25.2 Å². The fourth-order valence-corrected chi connectivity index (χ4v) is 1.72. The summed E-state index contributed by atoms with van der Waals surface area (Å²) in [5, 5.41) is 0. The van der Waals surface area contributed by atoms with E-state index < -0.39 is 41.6 Å². The molecule has 0 aliphatic heterocycles. The van der Waals surface area contributed by atoms with Gasteiger partial charge < -0.3 is 4.74 Å². The lowest BCUT2D eigenvalue weighted by atomic mass is 10.1. The molecule has 0 saturated heterocycles. The number of benzene rings is 1. The van der Waals surface area contributed by atoms with E-state index in [1.165, 1.54) is 0 Å². The van der Waals surface area contributed by atoms with Crippen LogP contribution in [0.1, 0.15) is 24.1 Å². The molecule has 0 spiro atoms. The zero-order chi connectivity index (χ0) is 19.0. The van der Waals surface area contributed by atoms with Crippen molar-refractivity contribution in [1.82, 2.24) is 0 Å². The Kier molecular flexibility index (Phi) is 3.02. The third-order valence-corrected chi connectivity index (χ3v) is 2.52. The van der Waals surface area contributed by atoms with Crippen LogP contribution in [0.3, 0.4) is 0 Å². The number of hydrogen-bond acceptors (Lipinski definition) is 4. The molecule has 0 aromatic heterocycles. The second-order valence-corrected chi connectivity index (χ2v) is 5.12. The van der Waals surface area contributed by atoms with Gasteiger partial charge in [-0.3, -0.25) is 4.18 Å². The molecule has 0 amide bonds. The van der Waals surface area contributed by atoms with Gasteiger partial charge in [-0.25, -0.2) is 0 Å². The van der Waals surface area contributed by atoms with E-state index in [-0.39, 0.29) is 5.56 Å². The number of alkyl halides is 3. The third kappa shape index (κ3) is 5.17. The first-order valence-corrected chi connectivity index (χ1v) is 6.58. The standard InChI is InChI=1S/C11H13F3O4S/c1-17-7-10(18-19(2,15)16)8-3-5-9(6-4-8)11(12,13)14/h3-6,10H,7H2,1-2H3/i1D3,7D2. The smallest absolute Gasteiger partial charge is 0.382 e. The molecule has 1 rings (SSSR count). The maximum absolute atomic E-state index is 12.5. The highest BCUT2D eigenvalue weighted by Crippen LogP contribution is 2.30. The maximum Gasteiger partial charge on any atom is 0.416 e. The number of rotatable bonds is 5. The van der Waals surface area contributed by atoms with Gasteiger partial charge in [0.05, 0.1) is 25.2 Å². The highest BCUT2D eigenvalue weighted by Gasteiger charge is 2.30. The number of hydrogen-bond donors (Lipinski definition) is 0. The Bertz CT molecular complexity index is 670. The predicted molar refractivity (Wildman–Crippen MR) is 62.0 cm³/mol. The van der Waals surface area contributed by atoms with E-state index in [1.54, 1.807) is 0 Å². The monoisotopic (exact) mass is 303 g/mol. The lowest BCUT2D eigenvalue weighted by Crippen LogP contribution is -2.15. The number of halogens is 3. The van der Waals surface area contributed by atoms with Gasteiger partial charge in [0.25, 0.3) is 10.1 Å². The zero-order valence-electron chi connectivity index (χ0n) is 14.6. The van der Waals surface area contributed by atoms with Crippen LogP contribution in [0, 0.1) is 0 Å². The van der Waals surface area contributed by atoms with Gasteiger partial charge in [0.15, 0.2) is 0 Å². The summed E-state index contributed by atoms with van der Waals surface area (Å²) in [6.45, 7) is -3.16. The zero-order valence-corrected chi connectivity index (χ0v) is 10.4. The summed E-state index contributed by atoms with van der Waals surface area (Å²) < 4.78 is 105. The van der Waals surface area contributed by atoms with Gasteiger partial charge in [-0.15, -0.1) is 0 Å². The van der Waals surface area contributed by atoms with E-state index in [9.17, 15) is 21.6 Å². The van der Waals surface area contributed by atoms with Gasteiger partial charge in [-0.05, 0) is 17.7 Å². The molecule has 0 saturated carbocycles. The summed E-state index contributed by atoms with van der Waals surface area (Å²) >= 11 is 0. The first kappa shape index (κ1) is 9.73. The molecule has 0 heterocycles. The van der Waals surface area contributed by atoms with Crippen LogP contribution in [0.25, 0.3) is 0 Å². The lowest BCUT2D eigenvalue weighted by Gasteiger charge is -2.16. The molecule has 4 nitrogen and oxygen atoms in total. The van der Waals surface area contributed by atoms with Crippen LogP contribution < -0.4 is 0 Å². The van der Waals surface area contributed by atoms with Gasteiger partial charge in [0, 0.05) is 7.04 Å². The molecule has 0 fully saturated rings. The molecule has 0 bridgehead atoms. The molecule has 8 heteroatoms. The molecule has 0 radical (unpaired) electrons. The van der Waals surface area contributed by atoms with Crippen molar-refractivity contribution >= 4 is 10.1 Å². The normalized spacial score (nSPS) is 19.7. The summed E-state index contributed by atoms with van der Waals surface area (Å²) in [4.78, 5) is 0. The maximum atomic E-state index is 12.5. The number of methoxy groups -OCH3 is 1. The highest BCUT2D eigenvalue weighted by atomic mass is 32.2. The average Bonchev–Trinajstić information content (AvgIpc) is 2.31. The van der Waals surface area contributed by atoms with Crippen molar-refractivity contribution in [2.45, 2.75) is 12.3 Å². The van der Waals surface area contributed by atoms with E-state index in [4.69, 9.17) is 6.85 Å². The molecule has 1 atom stereocenters. The molecule has 1 aromatic carbocycles. The van der Waals surface area contributed by atoms with Crippen LogP contribution >= 0.6 is 0 Å². The Balaban J connectivity index is 3.29. The van der Waals surface area contributed by atoms with Gasteiger partial charge in [-0.1, -0.05) is 12.1 Å². The van der Waals surface area contributed by atoms with Gasteiger partial charge >= 0.3 is 6.18 Å². The summed E-state index contributed by atoms with van der Waals surface area (Å²) in [6.07, 6.45) is -6.19. The number of ether oxygens (including phenoxy) is 1. The van der Waals surface area contributed by atoms with Crippen LogP contribution in [0.4, 0.5) is 13.2 Å². The fourth-order valence-electron chi connectivity index (χ4n) is 1.22. The predicted octanol–water partition coefficient (Wildman–Crippen LogP) is 2.37.